The van der Waals surface area contributed by atoms with E-state index in [0.717, 1.165) is 11.1 Å². The average Bonchev–Trinajstić information content (AvgIpc) is 3.61. The maximum atomic E-state index is 13.6. The molecule has 9 nitrogen and oxygen atoms in total. The van der Waals surface area contributed by atoms with Crippen LogP contribution in [0.5, 0.6) is 11.5 Å². The molecule has 2 aliphatic rings. The summed E-state index contributed by atoms with van der Waals surface area (Å²) in [6.45, 7) is 4.03. The second kappa shape index (κ2) is 12.7. The number of thioether (sulfide) groups is 1. The molecule has 1 fully saturated rings. The molecule has 4 amide bonds. The molecule has 6 rings (SSSR count). The highest BCUT2D eigenvalue weighted by Gasteiger charge is 2.40. The highest BCUT2D eigenvalue weighted by molar-refractivity contribution is 8.00. The van der Waals surface area contributed by atoms with E-state index in [2.05, 4.69) is 10.6 Å². The fourth-order valence-corrected chi connectivity index (χ4v) is 6.07. The Labute approximate surface area is 264 Å². The molecule has 2 N–H and O–H groups in total. The van der Waals surface area contributed by atoms with Gasteiger partial charge in [0.2, 0.25) is 18.6 Å². The van der Waals surface area contributed by atoms with Crippen molar-refractivity contribution in [3.63, 3.8) is 0 Å². The van der Waals surface area contributed by atoms with E-state index in [4.69, 9.17) is 9.47 Å². The molecular weight excluding hydrogens is 590 g/mol. The number of amides is 4. The Morgan fingerprint density at radius 2 is 1.67 bits per heavy atom. The van der Waals surface area contributed by atoms with Crippen LogP contribution in [-0.2, 0) is 14.4 Å². The predicted octanol–water partition coefficient (Wildman–Crippen LogP) is 5.87. The predicted molar refractivity (Wildman–Crippen MR) is 172 cm³/mol. The van der Waals surface area contributed by atoms with Crippen molar-refractivity contribution in [1.82, 2.24) is 5.32 Å². The molecule has 226 valence electrons. The van der Waals surface area contributed by atoms with Crippen LogP contribution in [0.1, 0.15) is 33.5 Å². The summed E-state index contributed by atoms with van der Waals surface area (Å²) in [7, 11) is 0. The largest absolute Gasteiger partial charge is 0.454 e. The normalized spacial score (nSPS) is 15.7. The maximum absolute atomic E-state index is 13.6. The van der Waals surface area contributed by atoms with Gasteiger partial charge in [0.05, 0.1) is 10.9 Å². The Hall–Kier alpha value is -5.35. The lowest BCUT2D eigenvalue weighted by Gasteiger charge is -2.16. The number of nitrogens with zero attached hydrogens (tertiary/aromatic N) is 1. The van der Waals surface area contributed by atoms with Crippen molar-refractivity contribution in [3.8, 4) is 11.5 Å². The number of hydrogen-bond acceptors (Lipinski definition) is 7. The van der Waals surface area contributed by atoms with E-state index in [1.807, 2.05) is 32.0 Å². The molecule has 4 aromatic carbocycles. The first-order chi connectivity index (χ1) is 21.7. The number of imide groups is 1. The molecule has 0 saturated carbocycles. The van der Waals surface area contributed by atoms with Crippen LogP contribution >= 0.6 is 11.8 Å². The van der Waals surface area contributed by atoms with Gasteiger partial charge in [-0.2, -0.15) is 0 Å². The van der Waals surface area contributed by atoms with E-state index in [1.165, 1.54) is 16.7 Å². The first-order valence-electron chi connectivity index (χ1n) is 14.2. The van der Waals surface area contributed by atoms with Crippen molar-refractivity contribution < 1.29 is 28.7 Å². The van der Waals surface area contributed by atoms with Crippen molar-refractivity contribution in [3.05, 3.63) is 119 Å². The Morgan fingerprint density at radius 3 is 2.47 bits per heavy atom. The van der Waals surface area contributed by atoms with Gasteiger partial charge >= 0.3 is 0 Å². The van der Waals surface area contributed by atoms with Crippen LogP contribution in [-0.4, -0.2) is 35.7 Å². The standard InChI is InChI=1S/C35H29N3O6S/c1-21-11-13-26(15-22(21)2)38-32(39)19-31(35(38)42)45-27-10-6-9-25(18-27)36-34(41)28(37-33(40)24-7-4-3-5-8-24)16-23-12-14-29-30(17-23)44-20-43-29/h3-18,31H,19-20H2,1-2H3,(H,36,41)(H,37,40)/b28-16-. The summed E-state index contributed by atoms with van der Waals surface area (Å²) in [5.41, 5.74) is 4.14. The molecule has 10 heteroatoms. The molecule has 1 saturated heterocycles. The summed E-state index contributed by atoms with van der Waals surface area (Å²) in [5.74, 6) is -0.385. The zero-order valence-corrected chi connectivity index (χ0v) is 25.4. The summed E-state index contributed by atoms with van der Waals surface area (Å²) >= 11 is 1.27. The van der Waals surface area contributed by atoms with Gasteiger partial charge in [-0.05, 0) is 91.2 Å². The number of ether oxygens (including phenoxy) is 2. The number of anilines is 2. The molecule has 0 aliphatic carbocycles. The molecule has 0 spiro atoms. The molecule has 45 heavy (non-hydrogen) atoms. The van der Waals surface area contributed by atoms with Crippen LogP contribution in [0.4, 0.5) is 11.4 Å². The summed E-state index contributed by atoms with van der Waals surface area (Å²) in [6.07, 6.45) is 1.63. The summed E-state index contributed by atoms with van der Waals surface area (Å²) < 4.78 is 10.8. The van der Waals surface area contributed by atoms with E-state index in [1.54, 1.807) is 78.9 Å². The van der Waals surface area contributed by atoms with Crippen LogP contribution in [0.25, 0.3) is 6.08 Å². The molecule has 1 atom stereocenters. The SMILES string of the molecule is Cc1ccc(N2C(=O)CC(Sc3cccc(NC(=O)/C(=C/c4ccc5c(c4)OCO5)NC(=O)c4ccccc4)c3)C2=O)cc1C. The monoisotopic (exact) mass is 619 g/mol. The van der Waals surface area contributed by atoms with Crippen molar-refractivity contribution in [1.29, 1.82) is 0 Å². The van der Waals surface area contributed by atoms with Gasteiger partial charge in [0.15, 0.2) is 11.5 Å². The smallest absolute Gasteiger partial charge is 0.272 e. The van der Waals surface area contributed by atoms with Gasteiger partial charge in [-0.3, -0.25) is 19.2 Å². The number of carbonyl (C=O) groups is 4. The molecule has 0 aromatic heterocycles. The third-order valence-corrected chi connectivity index (χ3v) is 8.64. The Bertz CT molecular complexity index is 1860. The van der Waals surface area contributed by atoms with Gasteiger partial charge in [0.1, 0.15) is 5.70 Å². The molecular formula is C35H29N3O6S. The van der Waals surface area contributed by atoms with Crippen LogP contribution in [0.3, 0.4) is 0 Å². The number of fused-ring (bicyclic) bond motifs is 1. The zero-order valence-electron chi connectivity index (χ0n) is 24.5. The lowest BCUT2D eigenvalue weighted by atomic mass is 10.1. The Morgan fingerprint density at radius 1 is 0.867 bits per heavy atom. The molecule has 4 aromatic rings. The lowest BCUT2D eigenvalue weighted by Crippen LogP contribution is -2.31. The summed E-state index contributed by atoms with van der Waals surface area (Å²) in [4.78, 5) is 54.7. The second-order valence-corrected chi connectivity index (χ2v) is 11.9. The highest BCUT2D eigenvalue weighted by Crippen LogP contribution is 2.36. The third kappa shape index (κ3) is 6.61. The quantitative estimate of drug-likeness (QED) is 0.187. The fraction of sp³-hybridized carbons (Fsp3) is 0.143. The van der Waals surface area contributed by atoms with Crippen molar-refractivity contribution in [2.24, 2.45) is 0 Å². The molecule has 2 heterocycles. The van der Waals surface area contributed by atoms with Gasteiger partial charge < -0.3 is 20.1 Å². The molecule has 1 unspecified atom stereocenters. The van der Waals surface area contributed by atoms with E-state index >= 15 is 0 Å². The molecule has 2 aliphatic heterocycles. The van der Waals surface area contributed by atoms with Crippen molar-refractivity contribution in [2.45, 2.75) is 30.4 Å². The molecule has 0 bridgehead atoms. The Kier molecular flexibility index (Phi) is 8.39. The van der Waals surface area contributed by atoms with Gasteiger partial charge in [-0.15, -0.1) is 11.8 Å². The second-order valence-electron chi connectivity index (χ2n) is 10.6. The molecule has 0 radical (unpaired) electrons. The number of hydrogen-bond donors (Lipinski definition) is 2. The highest BCUT2D eigenvalue weighted by atomic mass is 32.2. The number of benzene rings is 4. The van der Waals surface area contributed by atoms with Gasteiger partial charge in [-0.1, -0.05) is 36.4 Å². The third-order valence-electron chi connectivity index (χ3n) is 7.46. The number of aryl methyl sites for hydroxylation is 2. The minimum atomic E-state index is -0.600. The lowest BCUT2D eigenvalue weighted by molar-refractivity contribution is -0.121. The van der Waals surface area contributed by atoms with Gasteiger partial charge in [0.25, 0.3) is 11.8 Å². The van der Waals surface area contributed by atoms with Crippen molar-refractivity contribution >= 4 is 52.8 Å². The fourth-order valence-electron chi connectivity index (χ4n) is 4.95. The average molecular weight is 620 g/mol. The summed E-state index contributed by atoms with van der Waals surface area (Å²) in [6, 6.07) is 26.3. The minimum absolute atomic E-state index is 0.0152. The first-order valence-corrected chi connectivity index (χ1v) is 15.1. The van der Waals surface area contributed by atoms with Crippen LogP contribution < -0.4 is 25.0 Å². The number of carbonyl (C=O) groups excluding carboxylic acids is 4. The van der Waals surface area contributed by atoms with Crippen LogP contribution in [0.2, 0.25) is 0 Å². The summed E-state index contributed by atoms with van der Waals surface area (Å²) in [5, 5.41) is 4.98. The number of rotatable bonds is 8. The Balaban J connectivity index is 1.20. The van der Waals surface area contributed by atoms with E-state index in [-0.39, 0.29) is 30.7 Å². The topological polar surface area (TPSA) is 114 Å². The van der Waals surface area contributed by atoms with Gasteiger partial charge in [-0.25, -0.2) is 4.90 Å². The van der Waals surface area contributed by atoms with Crippen LogP contribution in [0, 0.1) is 13.8 Å². The van der Waals surface area contributed by atoms with E-state index < -0.39 is 17.1 Å². The zero-order chi connectivity index (χ0) is 31.5. The maximum Gasteiger partial charge on any atom is 0.272 e. The van der Waals surface area contributed by atoms with Crippen LogP contribution in [0.15, 0.2) is 102 Å². The van der Waals surface area contributed by atoms with E-state index in [9.17, 15) is 19.2 Å². The van der Waals surface area contributed by atoms with Crippen molar-refractivity contribution in [2.75, 3.05) is 17.0 Å². The van der Waals surface area contributed by atoms with E-state index in [0.29, 0.717) is 38.9 Å². The first kappa shape index (κ1) is 29.7. The number of nitrogens with one attached hydrogen (secondary N) is 2. The minimum Gasteiger partial charge on any atom is -0.454 e. The van der Waals surface area contributed by atoms with Gasteiger partial charge in [0, 0.05) is 22.6 Å².